The van der Waals surface area contributed by atoms with Crippen molar-refractivity contribution < 1.29 is 9.13 Å². The number of rotatable bonds is 6. The summed E-state index contributed by atoms with van der Waals surface area (Å²) in [5, 5.41) is 3.45. The average molecular weight is 266 g/mol. The van der Waals surface area contributed by atoms with Crippen LogP contribution in [0.15, 0.2) is 24.3 Å². The van der Waals surface area contributed by atoms with Crippen LogP contribution in [0, 0.1) is 11.7 Å². The first-order chi connectivity index (χ1) is 9.20. The number of ether oxygens (including phenoxy) is 1. The van der Waals surface area contributed by atoms with E-state index in [4.69, 9.17) is 4.74 Å². The van der Waals surface area contributed by atoms with E-state index < -0.39 is 0 Å². The minimum atomic E-state index is -0.125. The van der Waals surface area contributed by atoms with Gasteiger partial charge in [0.1, 0.15) is 5.82 Å². The lowest BCUT2D eigenvalue weighted by Crippen LogP contribution is -2.40. The number of nitrogens with one attached hydrogen (secondary N) is 1. The Morgan fingerprint density at radius 2 is 2.16 bits per heavy atom. The van der Waals surface area contributed by atoms with Gasteiger partial charge in [0.05, 0.1) is 13.2 Å². The summed E-state index contributed by atoms with van der Waals surface area (Å²) in [5.41, 5.74) is 0.754. The van der Waals surface area contributed by atoms with Crippen LogP contribution in [0.25, 0.3) is 0 Å². The number of benzene rings is 1. The van der Waals surface area contributed by atoms with Gasteiger partial charge in [-0.2, -0.15) is 0 Å². The van der Waals surface area contributed by atoms with Crippen molar-refractivity contribution in [3.63, 3.8) is 0 Å². The topological polar surface area (TPSA) is 24.5 Å². The molecule has 4 heteroatoms. The highest BCUT2D eigenvalue weighted by Gasteiger charge is 2.28. The van der Waals surface area contributed by atoms with Crippen LogP contribution >= 0.6 is 0 Å². The van der Waals surface area contributed by atoms with Crippen molar-refractivity contribution in [1.29, 1.82) is 0 Å². The number of hydrogen-bond acceptors (Lipinski definition) is 3. The largest absolute Gasteiger partial charge is 0.379 e. The lowest BCUT2D eigenvalue weighted by Gasteiger charge is -2.24. The molecule has 0 spiro atoms. The van der Waals surface area contributed by atoms with Gasteiger partial charge in [-0.3, -0.25) is 0 Å². The molecule has 1 aromatic rings. The summed E-state index contributed by atoms with van der Waals surface area (Å²) in [7, 11) is 2.04. The van der Waals surface area contributed by atoms with E-state index in [0.717, 1.165) is 31.9 Å². The Balaban J connectivity index is 1.87. The van der Waals surface area contributed by atoms with Gasteiger partial charge in [-0.25, -0.2) is 4.39 Å². The highest BCUT2D eigenvalue weighted by molar-refractivity contribution is 5.17. The molecule has 0 amide bonds. The van der Waals surface area contributed by atoms with Crippen molar-refractivity contribution in [3.05, 3.63) is 35.6 Å². The van der Waals surface area contributed by atoms with Crippen LogP contribution in [0.4, 0.5) is 4.39 Å². The molecular weight excluding hydrogens is 243 g/mol. The minimum absolute atomic E-state index is 0.125. The van der Waals surface area contributed by atoms with Crippen molar-refractivity contribution in [1.82, 2.24) is 10.2 Å². The number of halogens is 1. The highest BCUT2D eigenvalue weighted by atomic mass is 19.1. The maximum atomic E-state index is 13.6. The molecule has 1 N–H and O–H groups in total. The molecule has 1 aliphatic rings. The molecule has 0 saturated carbocycles. The first-order valence-corrected chi connectivity index (χ1v) is 6.93. The summed E-state index contributed by atoms with van der Waals surface area (Å²) in [6.45, 7) is 6.21. The molecule has 1 aliphatic heterocycles. The highest BCUT2D eigenvalue weighted by Crippen LogP contribution is 2.16. The fourth-order valence-corrected chi connectivity index (χ4v) is 2.65. The van der Waals surface area contributed by atoms with E-state index in [1.807, 2.05) is 19.2 Å². The molecule has 1 saturated heterocycles. The summed E-state index contributed by atoms with van der Waals surface area (Å²) in [4.78, 5) is 2.17. The van der Waals surface area contributed by atoms with Gasteiger partial charge in [0.2, 0.25) is 0 Å². The monoisotopic (exact) mass is 266 g/mol. The molecule has 0 bridgehead atoms. The summed E-state index contributed by atoms with van der Waals surface area (Å²) >= 11 is 0. The van der Waals surface area contributed by atoms with Crippen LogP contribution in [0.2, 0.25) is 0 Å². The van der Waals surface area contributed by atoms with Gasteiger partial charge in [0.25, 0.3) is 0 Å². The normalized spacial score (nSPS) is 23.2. The Hall–Kier alpha value is -0.970. The number of nitrogens with zero attached hydrogens (tertiary/aromatic N) is 1. The van der Waals surface area contributed by atoms with Gasteiger partial charge in [-0.1, -0.05) is 25.1 Å². The standard InChI is InChI=1S/C15H23FN2O/c1-3-17-15-11-19-10-13(15)9-18(2)8-12-6-4-5-7-14(12)16/h4-7,13,15,17H,3,8-11H2,1-2H3. The van der Waals surface area contributed by atoms with Crippen LogP contribution in [0.1, 0.15) is 12.5 Å². The van der Waals surface area contributed by atoms with E-state index in [1.165, 1.54) is 6.07 Å². The Morgan fingerprint density at radius 1 is 1.37 bits per heavy atom. The molecule has 1 fully saturated rings. The SMILES string of the molecule is CCNC1COCC1CN(C)Cc1ccccc1F. The molecule has 0 aliphatic carbocycles. The molecular formula is C15H23FN2O. The second-order valence-electron chi connectivity index (χ2n) is 5.25. The van der Waals surface area contributed by atoms with Gasteiger partial charge in [-0.05, 0) is 19.7 Å². The van der Waals surface area contributed by atoms with Crippen molar-refractivity contribution >= 4 is 0 Å². The fourth-order valence-electron chi connectivity index (χ4n) is 2.65. The Labute approximate surface area is 114 Å². The summed E-state index contributed by atoms with van der Waals surface area (Å²) < 4.78 is 19.1. The third kappa shape index (κ3) is 4.00. The first-order valence-electron chi connectivity index (χ1n) is 6.93. The molecule has 3 nitrogen and oxygen atoms in total. The zero-order valence-corrected chi connectivity index (χ0v) is 11.7. The summed E-state index contributed by atoms with van der Waals surface area (Å²) in [6.07, 6.45) is 0. The number of hydrogen-bond donors (Lipinski definition) is 1. The van der Waals surface area contributed by atoms with Gasteiger partial charge in [0.15, 0.2) is 0 Å². The zero-order valence-electron chi connectivity index (χ0n) is 11.7. The van der Waals surface area contributed by atoms with Crippen molar-refractivity contribution in [2.24, 2.45) is 5.92 Å². The van der Waals surface area contributed by atoms with Crippen molar-refractivity contribution in [2.45, 2.75) is 19.5 Å². The maximum Gasteiger partial charge on any atom is 0.127 e. The summed E-state index contributed by atoms with van der Waals surface area (Å²) in [5.74, 6) is 0.358. The average Bonchev–Trinajstić information content (AvgIpc) is 2.80. The molecule has 0 aromatic heterocycles. The molecule has 2 atom stereocenters. The lowest BCUT2D eigenvalue weighted by molar-refractivity contribution is 0.172. The van der Waals surface area contributed by atoms with E-state index in [9.17, 15) is 4.39 Å². The fraction of sp³-hybridized carbons (Fsp3) is 0.600. The molecule has 0 radical (unpaired) electrons. The van der Waals surface area contributed by atoms with E-state index in [-0.39, 0.29) is 5.82 Å². The summed E-state index contributed by atoms with van der Waals surface area (Å²) in [6, 6.07) is 7.40. The number of likely N-dealkylation sites (N-methyl/N-ethyl adjacent to an activating group) is 1. The molecule has 106 valence electrons. The van der Waals surface area contributed by atoms with Crippen LogP contribution in [-0.4, -0.2) is 44.3 Å². The smallest absolute Gasteiger partial charge is 0.127 e. The Morgan fingerprint density at radius 3 is 2.89 bits per heavy atom. The molecule has 2 rings (SSSR count). The van der Waals surface area contributed by atoms with Crippen molar-refractivity contribution in [2.75, 3.05) is 33.4 Å². The van der Waals surface area contributed by atoms with Gasteiger partial charge < -0.3 is 15.0 Å². The molecule has 1 heterocycles. The van der Waals surface area contributed by atoms with Gasteiger partial charge in [-0.15, -0.1) is 0 Å². The van der Waals surface area contributed by atoms with E-state index in [2.05, 4.69) is 17.1 Å². The minimum Gasteiger partial charge on any atom is -0.379 e. The van der Waals surface area contributed by atoms with Crippen LogP contribution < -0.4 is 5.32 Å². The predicted octanol–water partition coefficient (Wildman–Crippen LogP) is 1.88. The van der Waals surface area contributed by atoms with Crippen LogP contribution in [-0.2, 0) is 11.3 Å². The quantitative estimate of drug-likeness (QED) is 0.851. The maximum absolute atomic E-state index is 13.6. The van der Waals surface area contributed by atoms with E-state index >= 15 is 0 Å². The lowest BCUT2D eigenvalue weighted by atomic mass is 10.0. The van der Waals surface area contributed by atoms with Gasteiger partial charge >= 0.3 is 0 Å². The second kappa shape index (κ2) is 6.98. The third-order valence-corrected chi connectivity index (χ3v) is 3.61. The van der Waals surface area contributed by atoms with Crippen LogP contribution in [0.5, 0.6) is 0 Å². The van der Waals surface area contributed by atoms with Gasteiger partial charge in [0, 0.05) is 30.6 Å². The Bertz CT molecular complexity index is 399. The molecule has 1 aromatic carbocycles. The first kappa shape index (κ1) is 14.4. The Kier molecular flexibility index (Phi) is 5.31. The molecule has 19 heavy (non-hydrogen) atoms. The van der Waals surface area contributed by atoms with Crippen LogP contribution in [0.3, 0.4) is 0 Å². The second-order valence-corrected chi connectivity index (χ2v) is 5.25. The zero-order chi connectivity index (χ0) is 13.7. The van der Waals surface area contributed by atoms with E-state index in [1.54, 1.807) is 6.07 Å². The van der Waals surface area contributed by atoms with Crippen molar-refractivity contribution in [3.8, 4) is 0 Å². The van der Waals surface area contributed by atoms with E-state index in [0.29, 0.717) is 18.5 Å². The third-order valence-electron chi connectivity index (χ3n) is 3.61. The molecule has 2 unspecified atom stereocenters. The predicted molar refractivity (Wildman–Crippen MR) is 74.5 cm³/mol.